The highest BCUT2D eigenvalue weighted by atomic mass is 19.1. The van der Waals surface area contributed by atoms with E-state index in [0.717, 1.165) is 11.3 Å². The molecule has 1 saturated heterocycles. The van der Waals surface area contributed by atoms with Crippen LogP contribution in [0.5, 0.6) is 0 Å². The molecule has 0 aromatic heterocycles. The van der Waals surface area contributed by atoms with Crippen LogP contribution in [0.1, 0.15) is 5.56 Å². The molecule has 24 heavy (non-hydrogen) atoms. The van der Waals surface area contributed by atoms with Crippen LogP contribution < -0.4 is 15.5 Å². The molecule has 1 heterocycles. The summed E-state index contributed by atoms with van der Waals surface area (Å²) in [4.78, 5) is 25.8. The Morgan fingerprint density at radius 2 is 1.92 bits per heavy atom. The third-order valence-electron chi connectivity index (χ3n) is 3.84. The zero-order valence-corrected chi connectivity index (χ0v) is 13.1. The maximum absolute atomic E-state index is 12.9. The quantitative estimate of drug-likeness (QED) is 0.902. The molecule has 6 heteroatoms. The molecule has 0 aliphatic carbocycles. The lowest BCUT2D eigenvalue weighted by Crippen LogP contribution is -2.47. The van der Waals surface area contributed by atoms with Crippen LogP contribution >= 0.6 is 0 Å². The molecule has 1 fully saturated rings. The largest absolute Gasteiger partial charge is 0.359 e. The van der Waals surface area contributed by atoms with E-state index in [2.05, 4.69) is 10.6 Å². The summed E-state index contributed by atoms with van der Waals surface area (Å²) in [7, 11) is 0. The normalized spacial score (nSPS) is 14.2. The minimum Gasteiger partial charge on any atom is -0.359 e. The Labute approximate surface area is 139 Å². The van der Waals surface area contributed by atoms with Crippen LogP contribution in [-0.2, 0) is 16.0 Å². The number of nitrogens with zero attached hydrogens (tertiary/aromatic N) is 1. The van der Waals surface area contributed by atoms with Crippen LogP contribution in [0.15, 0.2) is 48.5 Å². The Balaban J connectivity index is 1.71. The van der Waals surface area contributed by atoms with Crippen LogP contribution in [-0.4, -0.2) is 31.4 Å². The fraction of sp³-hybridized carbons (Fsp3) is 0.222. The van der Waals surface area contributed by atoms with E-state index in [1.54, 1.807) is 12.1 Å². The van der Waals surface area contributed by atoms with Crippen molar-refractivity contribution in [3.05, 3.63) is 59.9 Å². The first-order valence-corrected chi connectivity index (χ1v) is 7.77. The van der Waals surface area contributed by atoms with E-state index in [1.807, 2.05) is 29.2 Å². The molecule has 0 bridgehead atoms. The molecular weight excluding hydrogens is 309 g/mol. The van der Waals surface area contributed by atoms with Gasteiger partial charge in [0.15, 0.2) is 0 Å². The van der Waals surface area contributed by atoms with E-state index >= 15 is 0 Å². The number of rotatable bonds is 4. The van der Waals surface area contributed by atoms with Gasteiger partial charge in [-0.25, -0.2) is 4.39 Å². The first kappa shape index (κ1) is 16.0. The summed E-state index contributed by atoms with van der Waals surface area (Å²) in [5.74, 6) is -0.544. The maximum Gasteiger partial charge on any atom is 0.239 e. The minimum absolute atomic E-state index is 0.0336. The molecule has 2 aromatic rings. The highest BCUT2D eigenvalue weighted by Gasteiger charge is 2.19. The van der Waals surface area contributed by atoms with Crippen molar-refractivity contribution < 1.29 is 14.0 Å². The van der Waals surface area contributed by atoms with Gasteiger partial charge in [0.2, 0.25) is 11.8 Å². The van der Waals surface area contributed by atoms with Gasteiger partial charge >= 0.3 is 0 Å². The molecule has 2 amide bonds. The van der Waals surface area contributed by atoms with Crippen molar-refractivity contribution in [2.24, 2.45) is 0 Å². The van der Waals surface area contributed by atoms with Crippen LogP contribution in [0.25, 0.3) is 0 Å². The Morgan fingerprint density at radius 1 is 1.17 bits per heavy atom. The lowest BCUT2D eigenvalue weighted by molar-refractivity contribution is -0.120. The number of hydrogen-bond acceptors (Lipinski definition) is 3. The van der Waals surface area contributed by atoms with Gasteiger partial charge in [0.05, 0.1) is 24.3 Å². The second-order valence-electron chi connectivity index (χ2n) is 5.64. The lowest BCUT2D eigenvalue weighted by atomic mass is 10.1. The van der Waals surface area contributed by atoms with Gasteiger partial charge in [0, 0.05) is 13.1 Å². The van der Waals surface area contributed by atoms with Gasteiger partial charge in [-0.15, -0.1) is 0 Å². The lowest BCUT2D eigenvalue weighted by Gasteiger charge is -2.30. The van der Waals surface area contributed by atoms with Gasteiger partial charge in [-0.3, -0.25) is 9.59 Å². The topological polar surface area (TPSA) is 61.4 Å². The molecule has 2 aromatic carbocycles. The monoisotopic (exact) mass is 327 g/mol. The average molecular weight is 327 g/mol. The number of carbonyl (C=O) groups excluding carboxylic acids is 2. The highest BCUT2D eigenvalue weighted by molar-refractivity contribution is 5.96. The van der Waals surface area contributed by atoms with E-state index in [4.69, 9.17) is 0 Å². The summed E-state index contributed by atoms with van der Waals surface area (Å²) in [6.07, 6.45) is 0.162. The van der Waals surface area contributed by atoms with Crippen molar-refractivity contribution in [1.29, 1.82) is 0 Å². The molecule has 0 spiro atoms. The standard InChI is InChI=1S/C18H18FN3O2/c19-14-7-5-13(6-8-14)11-17(23)21-15-3-1-2-4-16(15)22-10-9-20-18(24)12-22/h1-8H,9-12H2,(H,20,24)(H,21,23). The Bertz CT molecular complexity index is 746. The molecule has 2 N–H and O–H groups in total. The number of hydrogen-bond donors (Lipinski definition) is 2. The van der Waals surface area contributed by atoms with Crippen LogP contribution in [0, 0.1) is 5.82 Å². The average Bonchev–Trinajstić information content (AvgIpc) is 2.57. The summed E-state index contributed by atoms with van der Waals surface area (Å²) in [6.45, 7) is 1.54. The van der Waals surface area contributed by atoms with Crippen molar-refractivity contribution in [2.75, 3.05) is 29.9 Å². The summed E-state index contributed by atoms with van der Waals surface area (Å²) < 4.78 is 12.9. The van der Waals surface area contributed by atoms with Crippen molar-refractivity contribution in [2.45, 2.75) is 6.42 Å². The molecule has 124 valence electrons. The second kappa shape index (κ2) is 7.12. The number of amides is 2. The molecule has 0 radical (unpaired) electrons. The third kappa shape index (κ3) is 3.90. The van der Waals surface area contributed by atoms with Gasteiger partial charge in [-0.1, -0.05) is 24.3 Å². The van der Waals surface area contributed by atoms with E-state index in [0.29, 0.717) is 18.8 Å². The number of nitrogens with one attached hydrogen (secondary N) is 2. The van der Waals surface area contributed by atoms with Gasteiger partial charge in [-0.2, -0.15) is 0 Å². The molecular formula is C18H18FN3O2. The summed E-state index contributed by atoms with van der Waals surface area (Å²) in [5.41, 5.74) is 2.22. The number of benzene rings is 2. The Kier molecular flexibility index (Phi) is 4.74. The molecule has 1 aliphatic heterocycles. The van der Waals surface area contributed by atoms with Crippen LogP contribution in [0.2, 0.25) is 0 Å². The summed E-state index contributed by atoms with van der Waals surface area (Å²) in [6, 6.07) is 13.3. The number of halogens is 1. The van der Waals surface area contributed by atoms with E-state index < -0.39 is 0 Å². The van der Waals surface area contributed by atoms with Gasteiger partial charge in [0.1, 0.15) is 5.82 Å². The molecule has 0 unspecified atom stereocenters. The maximum atomic E-state index is 12.9. The second-order valence-corrected chi connectivity index (χ2v) is 5.64. The van der Waals surface area contributed by atoms with Crippen molar-refractivity contribution in [3.8, 4) is 0 Å². The van der Waals surface area contributed by atoms with Crippen molar-refractivity contribution >= 4 is 23.2 Å². The fourth-order valence-electron chi connectivity index (χ4n) is 2.68. The number of para-hydroxylation sites is 2. The van der Waals surface area contributed by atoms with E-state index in [1.165, 1.54) is 12.1 Å². The van der Waals surface area contributed by atoms with Gasteiger partial charge < -0.3 is 15.5 Å². The van der Waals surface area contributed by atoms with Crippen LogP contribution in [0.3, 0.4) is 0 Å². The molecule has 0 saturated carbocycles. The Hall–Kier alpha value is -2.89. The smallest absolute Gasteiger partial charge is 0.239 e. The molecule has 1 aliphatic rings. The molecule has 0 atom stereocenters. The van der Waals surface area contributed by atoms with Crippen molar-refractivity contribution in [1.82, 2.24) is 5.32 Å². The first-order chi connectivity index (χ1) is 11.6. The number of anilines is 2. The van der Waals surface area contributed by atoms with Gasteiger partial charge in [-0.05, 0) is 29.8 Å². The van der Waals surface area contributed by atoms with E-state index in [-0.39, 0.29) is 30.6 Å². The SMILES string of the molecule is O=C1CN(c2ccccc2NC(=O)Cc2ccc(F)cc2)CCN1. The third-order valence-corrected chi connectivity index (χ3v) is 3.84. The fourth-order valence-corrected chi connectivity index (χ4v) is 2.68. The predicted octanol–water partition coefficient (Wildman–Crippen LogP) is 1.94. The number of piperazine rings is 1. The molecule has 5 nitrogen and oxygen atoms in total. The molecule has 3 rings (SSSR count). The first-order valence-electron chi connectivity index (χ1n) is 7.77. The van der Waals surface area contributed by atoms with Gasteiger partial charge in [0.25, 0.3) is 0 Å². The van der Waals surface area contributed by atoms with Crippen LogP contribution in [0.4, 0.5) is 15.8 Å². The minimum atomic E-state index is -0.326. The predicted molar refractivity (Wildman–Crippen MR) is 90.4 cm³/mol. The zero-order valence-electron chi connectivity index (χ0n) is 13.1. The summed E-state index contributed by atoms with van der Waals surface area (Å²) in [5, 5.41) is 5.66. The number of carbonyl (C=O) groups is 2. The van der Waals surface area contributed by atoms with Crippen molar-refractivity contribution in [3.63, 3.8) is 0 Å². The highest BCUT2D eigenvalue weighted by Crippen LogP contribution is 2.26. The Morgan fingerprint density at radius 3 is 2.67 bits per heavy atom. The zero-order chi connectivity index (χ0) is 16.9. The summed E-state index contributed by atoms with van der Waals surface area (Å²) >= 11 is 0. The van der Waals surface area contributed by atoms with E-state index in [9.17, 15) is 14.0 Å².